The van der Waals surface area contributed by atoms with Gasteiger partial charge in [0.25, 0.3) is 0 Å². The molecule has 0 saturated heterocycles. The van der Waals surface area contributed by atoms with E-state index in [0.29, 0.717) is 0 Å². The van der Waals surface area contributed by atoms with E-state index in [1.165, 1.54) is 5.56 Å². The number of nitrogens with one attached hydrogen (secondary N) is 1. The van der Waals surface area contributed by atoms with Gasteiger partial charge in [-0.2, -0.15) is 0 Å². The minimum atomic E-state index is 0.729. The SMILES string of the molecule is COc1ccccc1-c1cc2c(NCc3ccccc3)ncnc2s1. The van der Waals surface area contributed by atoms with E-state index in [9.17, 15) is 0 Å². The van der Waals surface area contributed by atoms with Gasteiger partial charge in [-0.05, 0) is 23.8 Å². The largest absolute Gasteiger partial charge is 0.496 e. The van der Waals surface area contributed by atoms with Crippen LogP contribution in [0.25, 0.3) is 20.7 Å². The molecule has 0 spiro atoms. The minimum absolute atomic E-state index is 0.729. The molecule has 0 atom stereocenters. The number of ether oxygens (including phenoxy) is 1. The molecule has 124 valence electrons. The Hall–Kier alpha value is -2.92. The zero-order valence-electron chi connectivity index (χ0n) is 13.8. The highest BCUT2D eigenvalue weighted by Gasteiger charge is 2.12. The van der Waals surface area contributed by atoms with Crippen LogP contribution in [0.3, 0.4) is 0 Å². The molecule has 0 aliphatic heterocycles. The summed E-state index contributed by atoms with van der Waals surface area (Å²) in [6.45, 7) is 0.729. The van der Waals surface area contributed by atoms with Gasteiger partial charge >= 0.3 is 0 Å². The summed E-state index contributed by atoms with van der Waals surface area (Å²) in [6, 6.07) is 20.4. The summed E-state index contributed by atoms with van der Waals surface area (Å²) < 4.78 is 5.49. The van der Waals surface area contributed by atoms with E-state index in [2.05, 4.69) is 39.6 Å². The zero-order valence-corrected chi connectivity index (χ0v) is 14.6. The first-order valence-electron chi connectivity index (χ1n) is 8.01. The zero-order chi connectivity index (χ0) is 17.1. The molecule has 2 heterocycles. The van der Waals surface area contributed by atoms with Crippen molar-refractivity contribution in [3.05, 3.63) is 72.6 Å². The number of thiophene rings is 1. The van der Waals surface area contributed by atoms with Gasteiger partial charge < -0.3 is 10.1 Å². The molecule has 0 fully saturated rings. The van der Waals surface area contributed by atoms with Crippen molar-refractivity contribution in [3.8, 4) is 16.2 Å². The van der Waals surface area contributed by atoms with E-state index in [1.54, 1.807) is 24.8 Å². The summed E-state index contributed by atoms with van der Waals surface area (Å²) in [5.74, 6) is 1.71. The molecule has 0 radical (unpaired) electrons. The first-order valence-corrected chi connectivity index (χ1v) is 8.82. The van der Waals surface area contributed by atoms with Crippen molar-refractivity contribution in [3.63, 3.8) is 0 Å². The third-order valence-electron chi connectivity index (χ3n) is 4.00. The second kappa shape index (κ2) is 6.91. The maximum atomic E-state index is 5.49. The predicted octanol–water partition coefficient (Wildman–Crippen LogP) is 4.98. The Kier molecular flexibility index (Phi) is 4.31. The Morgan fingerprint density at radius 3 is 2.64 bits per heavy atom. The summed E-state index contributed by atoms with van der Waals surface area (Å²) in [7, 11) is 1.69. The molecule has 0 aliphatic carbocycles. The van der Waals surface area contributed by atoms with Crippen LogP contribution < -0.4 is 10.1 Å². The van der Waals surface area contributed by atoms with Gasteiger partial charge in [0.15, 0.2) is 0 Å². The molecular formula is C20H17N3OS. The Morgan fingerprint density at radius 1 is 1.00 bits per heavy atom. The molecule has 0 aliphatic rings. The second-order valence-corrected chi connectivity index (χ2v) is 6.62. The van der Waals surface area contributed by atoms with E-state index < -0.39 is 0 Å². The third-order valence-corrected chi connectivity index (χ3v) is 5.08. The van der Waals surface area contributed by atoms with Crippen molar-refractivity contribution in [2.75, 3.05) is 12.4 Å². The van der Waals surface area contributed by atoms with E-state index in [1.807, 2.05) is 36.4 Å². The molecular weight excluding hydrogens is 330 g/mol. The van der Waals surface area contributed by atoms with Gasteiger partial charge in [-0.25, -0.2) is 9.97 Å². The molecule has 4 aromatic rings. The fourth-order valence-electron chi connectivity index (χ4n) is 2.76. The van der Waals surface area contributed by atoms with Crippen LogP contribution in [0.4, 0.5) is 5.82 Å². The highest BCUT2D eigenvalue weighted by molar-refractivity contribution is 7.22. The van der Waals surface area contributed by atoms with Gasteiger partial charge in [0.1, 0.15) is 22.7 Å². The van der Waals surface area contributed by atoms with Crippen molar-refractivity contribution in [2.24, 2.45) is 0 Å². The van der Waals surface area contributed by atoms with Gasteiger partial charge in [-0.3, -0.25) is 0 Å². The minimum Gasteiger partial charge on any atom is -0.496 e. The molecule has 4 nitrogen and oxygen atoms in total. The van der Waals surface area contributed by atoms with Gasteiger partial charge in [0, 0.05) is 17.0 Å². The van der Waals surface area contributed by atoms with E-state index in [0.717, 1.165) is 38.8 Å². The first kappa shape index (κ1) is 15.6. The molecule has 2 aromatic carbocycles. The van der Waals surface area contributed by atoms with Crippen molar-refractivity contribution in [2.45, 2.75) is 6.54 Å². The van der Waals surface area contributed by atoms with Crippen LogP contribution in [0.2, 0.25) is 0 Å². The molecule has 0 bridgehead atoms. The number of rotatable bonds is 5. The maximum absolute atomic E-state index is 5.49. The average Bonchev–Trinajstić information content (AvgIpc) is 3.12. The maximum Gasteiger partial charge on any atom is 0.138 e. The lowest BCUT2D eigenvalue weighted by Crippen LogP contribution is -2.01. The topological polar surface area (TPSA) is 47.0 Å². The number of nitrogens with zero attached hydrogens (tertiary/aromatic N) is 2. The predicted molar refractivity (Wildman–Crippen MR) is 103 cm³/mol. The number of benzene rings is 2. The summed E-state index contributed by atoms with van der Waals surface area (Å²) in [4.78, 5) is 10.9. The molecule has 0 saturated carbocycles. The molecule has 1 N–H and O–H groups in total. The number of hydrogen-bond donors (Lipinski definition) is 1. The molecule has 2 aromatic heterocycles. The Labute approximate surface area is 150 Å². The molecule has 25 heavy (non-hydrogen) atoms. The highest BCUT2D eigenvalue weighted by Crippen LogP contribution is 2.38. The van der Waals surface area contributed by atoms with Crippen LogP contribution >= 0.6 is 11.3 Å². The summed E-state index contributed by atoms with van der Waals surface area (Å²) >= 11 is 1.64. The molecule has 4 rings (SSSR count). The fraction of sp³-hybridized carbons (Fsp3) is 0.100. The van der Waals surface area contributed by atoms with Crippen LogP contribution in [0.5, 0.6) is 5.75 Å². The summed E-state index contributed by atoms with van der Waals surface area (Å²) in [5, 5.41) is 4.45. The molecule has 0 amide bonds. The number of anilines is 1. The molecule has 0 unspecified atom stereocenters. The number of para-hydroxylation sites is 1. The highest BCUT2D eigenvalue weighted by atomic mass is 32.1. The summed E-state index contributed by atoms with van der Waals surface area (Å²) in [6.07, 6.45) is 1.61. The van der Waals surface area contributed by atoms with Crippen molar-refractivity contribution in [1.82, 2.24) is 9.97 Å². The fourth-order valence-corrected chi connectivity index (χ4v) is 3.79. The van der Waals surface area contributed by atoms with Gasteiger partial charge in [0.2, 0.25) is 0 Å². The van der Waals surface area contributed by atoms with Gasteiger partial charge in [-0.1, -0.05) is 42.5 Å². The monoisotopic (exact) mass is 347 g/mol. The van der Waals surface area contributed by atoms with Crippen LogP contribution in [0, 0.1) is 0 Å². The molecule has 5 heteroatoms. The quantitative estimate of drug-likeness (QED) is 0.553. The number of methoxy groups -OCH3 is 1. The number of aromatic nitrogens is 2. The number of fused-ring (bicyclic) bond motifs is 1. The number of hydrogen-bond acceptors (Lipinski definition) is 5. The first-order chi connectivity index (χ1) is 12.3. The van der Waals surface area contributed by atoms with Crippen LogP contribution in [-0.2, 0) is 6.54 Å². The Morgan fingerprint density at radius 2 is 1.80 bits per heavy atom. The van der Waals surface area contributed by atoms with Crippen LogP contribution in [0.15, 0.2) is 67.0 Å². The van der Waals surface area contributed by atoms with E-state index >= 15 is 0 Å². The lowest BCUT2D eigenvalue weighted by atomic mass is 10.1. The van der Waals surface area contributed by atoms with Crippen molar-refractivity contribution in [1.29, 1.82) is 0 Å². The normalized spacial score (nSPS) is 10.8. The third kappa shape index (κ3) is 3.19. The average molecular weight is 347 g/mol. The van der Waals surface area contributed by atoms with E-state index in [4.69, 9.17) is 4.74 Å². The van der Waals surface area contributed by atoms with Crippen LogP contribution in [-0.4, -0.2) is 17.1 Å². The Bertz CT molecular complexity index is 998. The van der Waals surface area contributed by atoms with Crippen molar-refractivity contribution >= 4 is 27.4 Å². The van der Waals surface area contributed by atoms with Crippen LogP contribution in [0.1, 0.15) is 5.56 Å². The standard InChI is InChI=1S/C20H17N3OS/c1-24-17-10-6-5-9-15(17)18-11-16-19(22-13-23-20(16)25-18)21-12-14-7-3-2-4-8-14/h2-11,13H,12H2,1H3,(H,21,22,23). The van der Waals surface area contributed by atoms with Gasteiger partial charge in [0.05, 0.1) is 12.5 Å². The lowest BCUT2D eigenvalue weighted by Gasteiger charge is -2.06. The second-order valence-electron chi connectivity index (χ2n) is 5.59. The smallest absolute Gasteiger partial charge is 0.138 e. The van der Waals surface area contributed by atoms with E-state index in [-0.39, 0.29) is 0 Å². The van der Waals surface area contributed by atoms with Gasteiger partial charge in [-0.15, -0.1) is 11.3 Å². The van der Waals surface area contributed by atoms with Crippen molar-refractivity contribution < 1.29 is 4.74 Å². The lowest BCUT2D eigenvalue weighted by molar-refractivity contribution is 0.416. The Balaban J connectivity index is 1.69. The summed E-state index contributed by atoms with van der Waals surface area (Å²) in [5.41, 5.74) is 2.29.